The van der Waals surface area contributed by atoms with Crippen LogP contribution in [0.3, 0.4) is 0 Å². The van der Waals surface area contributed by atoms with Crippen LogP contribution in [-0.4, -0.2) is 27.8 Å². The van der Waals surface area contributed by atoms with E-state index in [1.807, 2.05) is 30.3 Å². The van der Waals surface area contributed by atoms with Crippen LogP contribution in [-0.2, 0) is 10.0 Å². The Balaban J connectivity index is 0.00000243. The standard InChI is InChI=1S/C17H16N2O5S.CH4/c1-22-15-9-8-13(10-16(15)23-2)25(20,21)19-17-11-14(18-24-17)12-6-4-3-5-7-12;/h3-11,19H,1-2H3;1H4. The van der Waals surface area contributed by atoms with Crippen LogP contribution in [0.15, 0.2) is 64.0 Å². The summed E-state index contributed by atoms with van der Waals surface area (Å²) in [6.45, 7) is 0. The first-order valence-corrected chi connectivity index (χ1v) is 8.79. The first kappa shape index (κ1) is 19.3. The van der Waals surface area contributed by atoms with Gasteiger partial charge in [0, 0.05) is 17.7 Å². The Bertz CT molecular complexity index is 968. The molecule has 138 valence electrons. The van der Waals surface area contributed by atoms with Crippen molar-refractivity contribution in [3.05, 3.63) is 54.6 Å². The van der Waals surface area contributed by atoms with E-state index < -0.39 is 10.0 Å². The monoisotopic (exact) mass is 376 g/mol. The summed E-state index contributed by atoms with van der Waals surface area (Å²) in [5.74, 6) is 0.772. The van der Waals surface area contributed by atoms with E-state index in [2.05, 4.69) is 9.88 Å². The molecule has 8 heteroatoms. The Morgan fingerprint density at radius 2 is 1.65 bits per heavy atom. The average Bonchev–Trinajstić information content (AvgIpc) is 3.09. The highest BCUT2D eigenvalue weighted by Crippen LogP contribution is 2.30. The van der Waals surface area contributed by atoms with Gasteiger partial charge in [-0.1, -0.05) is 42.9 Å². The van der Waals surface area contributed by atoms with Crippen LogP contribution in [0.25, 0.3) is 11.3 Å². The molecule has 0 amide bonds. The number of nitrogens with zero attached hydrogens (tertiary/aromatic N) is 1. The molecule has 26 heavy (non-hydrogen) atoms. The van der Waals surface area contributed by atoms with Crippen molar-refractivity contribution in [1.82, 2.24) is 5.16 Å². The van der Waals surface area contributed by atoms with Crippen LogP contribution >= 0.6 is 0 Å². The van der Waals surface area contributed by atoms with E-state index in [4.69, 9.17) is 14.0 Å². The van der Waals surface area contributed by atoms with Gasteiger partial charge in [0.1, 0.15) is 5.69 Å². The Kier molecular flexibility index (Phi) is 5.89. The Morgan fingerprint density at radius 3 is 2.31 bits per heavy atom. The first-order valence-electron chi connectivity index (χ1n) is 7.30. The van der Waals surface area contributed by atoms with Crippen molar-refractivity contribution in [1.29, 1.82) is 0 Å². The molecule has 0 aliphatic carbocycles. The minimum Gasteiger partial charge on any atom is -0.493 e. The van der Waals surface area contributed by atoms with E-state index in [0.717, 1.165) is 5.56 Å². The number of hydrogen-bond acceptors (Lipinski definition) is 6. The summed E-state index contributed by atoms with van der Waals surface area (Å²) in [6.07, 6.45) is 0. The number of nitrogens with one attached hydrogen (secondary N) is 1. The van der Waals surface area contributed by atoms with E-state index in [1.165, 1.54) is 38.5 Å². The van der Waals surface area contributed by atoms with Crippen molar-refractivity contribution < 1.29 is 22.4 Å². The smallest absolute Gasteiger partial charge is 0.264 e. The van der Waals surface area contributed by atoms with Gasteiger partial charge in [0.05, 0.1) is 19.1 Å². The lowest BCUT2D eigenvalue weighted by atomic mass is 10.2. The Morgan fingerprint density at radius 1 is 0.962 bits per heavy atom. The number of anilines is 1. The number of ether oxygens (including phenoxy) is 2. The minimum atomic E-state index is -3.86. The van der Waals surface area contributed by atoms with E-state index >= 15 is 0 Å². The van der Waals surface area contributed by atoms with Crippen molar-refractivity contribution in [2.75, 3.05) is 18.9 Å². The topological polar surface area (TPSA) is 90.7 Å². The number of rotatable bonds is 6. The summed E-state index contributed by atoms with van der Waals surface area (Å²) in [5.41, 5.74) is 1.36. The fourth-order valence-corrected chi connectivity index (χ4v) is 3.23. The Hall–Kier alpha value is -3.00. The van der Waals surface area contributed by atoms with Gasteiger partial charge in [-0.25, -0.2) is 13.1 Å². The summed E-state index contributed by atoms with van der Waals surface area (Å²) in [4.78, 5) is 0.0165. The molecule has 0 spiro atoms. The second kappa shape index (κ2) is 7.92. The lowest BCUT2D eigenvalue weighted by molar-refractivity contribution is 0.354. The molecule has 0 unspecified atom stereocenters. The van der Waals surface area contributed by atoms with Crippen molar-refractivity contribution in [2.24, 2.45) is 0 Å². The van der Waals surface area contributed by atoms with E-state index in [9.17, 15) is 8.42 Å². The zero-order chi connectivity index (χ0) is 17.9. The Labute approximate surface area is 152 Å². The van der Waals surface area contributed by atoms with Crippen LogP contribution in [0.2, 0.25) is 0 Å². The molecule has 3 rings (SSSR count). The zero-order valence-electron chi connectivity index (χ0n) is 13.6. The molecule has 0 atom stereocenters. The maximum atomic E-state index is 12.5. The van der Waals surface area contributed by atoms with Crippen molar-refractivity contribution >= 4 is 15.9 Å². The number of benzene rings is 2. The minimum absolute atomic E-state index is 0. The van der Waals surface area contributed by atoms with Gasteiger partial charge in [0.15, 0.2) is 11.5 Å². The summed E-state index contributed by atoms with van der Waals surface area (Å²) in [7, 11) is -0.948. The van der Waals surface area contributed by atoms with Gasteiger partial charge >= 0.3 is 0 Å². The summed E-state index contributed by atoms with van der Waals surface area (Å²) < 4.78 is 42.7. The highest BCUT2D eigenvalue weighted by atomic mass is 32.2. The molecule has 1 aromatic heterocycles. The molecule has 0 aliphatic heterocycles. The van der Waals surface area contributed by atoms with Gasteiger partial charge in [0.25, 0.3) is 10.0 Å². The molecule has 0 saturated heterocycles. The quantitative estimate of drug-likeness (QED) is 0.704. The molecular formula is C18H20N2O5S. The summed E-state index contributed by atoms with van der Waals surface area (Å²) >= 11 is 0. The second-order valence-electron chi connectivity index (χ2n) is 5.06. The SMILES string of the molecule is C.COc1ccc(S(=O)(=O)Nc2cc(-c3ccccc3)no2)cc1OC. The maximum absolute atomic E-state index is 12.5. The summed E-state index contributed by atoms with van der Waals surface area (Å²) in [6, 6.07) is 15.1. The lowest BCUT2D eigenvalue weighted by Gasteiger charge is -2.10. The lowest BCUT2D eigenvalue weighted by Crippen LogP contribution is -2.12. The fraction of sp³-hybridized carbons (Fsp3) is 0.167. The third kappa shape index (κ3) is 3.97. The number of hydrogen-bond donors (Lipinski definition) is 1. The molecular weight excluding hydrogens is 356 g/mol. The molecule has 1 heterocycles. The van der Waals surface area contributed by atoms with E-state index in [0.29, 0.717) is 17.2 Å². The highest BCUT2D eigenvalue weighted by molar-refractivity contribution is 7.92. The molecule has 0 radical (unpaired) electrons. The fourth-order valence-electron chi connectivity index (χ4n) is 2.24. The van der Waals surface area contributed by atoms with Gasteiger partial charge < -0.3 is 14.0 Å². The van der Waals surface area contributed by atoms with E-state index in [1.54, 1.807) is 0 Å². The largest absolute Gasteiger partial charge is 0.493 e. The predicted molar refractivity (Wildman–Crippen MR) is 99.0 cm³/mol. The molecule has 1 N–H and O–H groups in total. The van der Waals surface area contributed by atoms with Crippen LogP contribution in [0.1, 0.15) is 7.43 Å². The van der Waals surface area contributed by atoms with Gasteiger partial charge in [0.2, 0.25) is 5.88 Å². The van der Waals surface area contributed by atoms with Crippen LogP contribution < -0.4 is 14.2 Å². The average molecular weight is 376 g/mol. The van der Waals surface area contributed by atoms with Gasteiger partial charge in [-0.2, -0.15) is 0 Å². The van der Waals surface area contributed by atoms with Gasteiger partial charge in [-0.3, -0.25) is 0 Å². The molecule has 0 fully saturated rings. The number of aromatic nitrogens is 1. The van der Waals surface area contributed by atoms with Crippen molar-refractivity contribution in [3.8, 4) is 22.8 Å². The zero-order valence-corrected chi connectivity index (χ0v) is 14.4. The van der Waals surface area contributed by atoms with Crippen molar-refractivity contribution in [3.63, 3.8) is 0 Å². The van der Waals surface area contributed by atoms with Crippen molar-refractivity contribution in [2.45, 2.75) is 12.3 Å². The maximum Gasteiger partial charge on any atom is 0.264 e. The van der Waals surface area contributed by atoms with Crippen LogP contribution in [0.4, 0.5) is 5.88 Å². The normalized spacial score (nSPS) is 10.7. The molecule has 3 aromatic rings. The van der Waals surface area contributed by atoms with Crippen LogP contribution in [0, 0.1) is 0 Å². The third-order valence-corrected chi connectivity index (χ3v) is 4.82. The molecule has 0 aliphatic rings. The second-order valence-corrected chi connectivity index (χ2v) is 6.75. The van der Waals surface area contributed by atoms with Gasteiger partial charge in [-0.15, -0.1) is 0 Å². The van der Waals surface area contributed by atoms with E-state index in [-0.39, 0.29) is 18.2 Å². The highest BCUT2D eigenvalue weighted by Gasteiger charge is 2.19. The molecule has 0 saturated carbocycles. The summed E-state index contributed by atoms with van der Waals surface area (Å²) in [5, 5.41) is 3.88. The first-order chi connectivity index (χ1) is 12.0. The van der Waals surface area contributed by atoms with Gasteiger partial charge in [-0.05, 0) is 12.1 Å². The van der Waals surface area contributed by atoms with Crippen LogP contribution in [0.5, 0.6) is 11.5 Å². The molecule has 2 aromatic carbocycles. The molecule has 7 nitrogen and oxygen atoms in total. The molecule has 0 bridgehead atoms. The third-order valence-electron chi connectivity index (χ3n) is 3.48. The predicted octanol–water partition coefficient (Wildman–Crippen LogP) is 3.80. The number of methoxy groups -OCH3 is 2. The number of sulfonamides is 1.